The molecule has 0 aliphatic heterocycles. The number of nitrogens with two attached hydrogens (primary N) is 1. The van der Waals surface area contributed by atoms with Gasteiger partial charge in [0.25, 0.3) is 0 Å². The summed E-state index contributed by atoms with van der Waals surface area (Å²) in [6.07, 6.45) is 5.88. The van der Waals surface area contributed by atoms with Crippen molar-refractivity contribution >= 4 is 12.7 Å². The summed E-state index contributed by atoms with van der Waals surface area (Å²) >= 11 is 0. The first-order valence-electron chi connectivity index (χ1n) is 5.22. The second kappa shape index (κ2) is 5.35. The Morgan fingerprint density at radius 2 is 2.27 bits per heavy atom. The van der Waals surface area contributed by atoms with Gasteiger partial charge in [0.15, 0.2) is 0 Å². The molecule has 0 fully saturated rings. The molecule has 2 N–H and O–H groups in total. The second-order valence-electron chi connectivity index (χ2n) is 3.67. The van der Waals surface area contributed by atoms with Crippen molar-refractivity contribution in [3.63, 3.8) is 0 Å². The summed E-state index contributed by atoms with van der Waals surface area (Å²) in [6, 6.07) is 4.03. The highest BCUT2D eigenvalue weighted by molar-refractivity contribution is 5.37. The molecular weight excluding hydrogens is 184 g/mol. The highest BCUT2D eigenvalue weighted by Crippen LogP contribution is 1.93. The Morgan fingerprint density at radius 3 is 2.87 bits per heavy atom. The number of pyridine rings is 1. The molecule has 0 saturated heterocycles. The van der Waals surface area contributed by atoms with Crippen LogP contribution in [0.1, 0.15) is 26.0 Å². The number of aryl methyl sites for hydroxylation is 1. The van der Waals surface area contributed by atoms with E-state index in [0.717, 1.165) is 34.8 Å². The zero-order valence-corrected chi connectivity index (χ0v) is 9.46. The average Bonchev–Trinajstić information content (AvgIpc) is 2.19. The summed E-state index contributed by atoms with van der Waals surface area (Å²) < 4.78 is 0. The molecular formula is C13H18N2. The van der Waals surface area contributed by atoms with Crippen LogP contribution in [-0.2, 0) is 6.42 Å². The van der Waals surface area contributed by atoms with Crippen molar-refractivity contribution in [3.8, 4) is 0 Å². The molecule has 2 heteroatoms. The van der Waals surface area contributed by atoms with Gasteiger partial charge in [0, 0.05) is 11.4 Å². The molecule has 0 saturated carbocycles. The minimum absolute atomic E-state index is 0.775. The fourth-order valence-corrected chi connectivity index (χ4v) is 1.30. The van der Waals surface area contributed by atoms with E-state index in [0.29, 0.717) is 0 Å². The van der Waals surface area contributed by atoms with Gasteiger partial charge in [-0.3, -0.25) is 4.98 Å². The van der Waals surface area contributed by atoms with Crippen molar-refractivity contribution in [2.45, 2.75) is 26.7 Å². The standard InChI is InChI=1S/C13H18N2/c1-4-5-12-8-6-10(2)13(15-12)9-7-11(3)14/h6-9H,2,4-5,14H2,1,3H3/b11-7+,13-9+. The van der Waals surface area contributed by atoms with E-state index in [-0.39, 0.29) is 0 Å². The molecule has 0 atom stereocenters. The van der Waals surface area contributed by atoms with Crippen LogP contribution in [0.3, 0.4) is 0 Å². The molecule has 0 aliphatic rings. The molecule has 80 valence electrons. The molecule has 0 aromatic carbocycles. The number of hydrogen-bond acceptors (Lipinski definition) is 2. The fourth-order valence-electron chi connectivity index (χ4n) is 1.30. The first kappa shape index (κ1) is 11.5. The summed E-state index contributed by atoms with van der Waals surface area (Å²) in [5.74, 6) is 0. The van der Waals surface area contributed by atoms with Gasteiger partial charge in [-0.25, -0.2) is 0 Å². The van der Waals surface area contributed by atoms with Gasteiger partial charge in [-0.15, -0.1) is 0 Å². The highest BCUT2D eigenvalue weighted by atomic mass is 14.7. The Morgan fingerprint density at radius 1 is 1.53 bits per heavy atom. The minimum Gasteiger partial charge on any atom is -0.402 e. The number of hydrogen-bond donors (Lipinski definition) is 1. The Labute approximate surface area is 90.8 Å². The van der Waals surface area contributed by atoms with Gasteiger partial charge in [-0.05, 0) is 36.8 Å². The molecule has 0 aliphatic carbocycles. The Bertz CT molecular complexity index is 454. The SMILES string of the molecule is C=c1ccc(CCC)n/c1=C/C=C(\C)N. The molecule has 0 amide bonds. The molecule has 0 spiro atoms. The van der Waals surface area contributed by atoms with Gasteiger partial charge in [0.1, 0.15) is 0 Å². The van der Waals surface area contributed by atoms with Gasteiger partial charge in [0.2, 0.25) is 0 Å². The Kier molecular flexibility index (Phi) is 4.10. The first-order chi connectivity index (χ1) is 7.13. The Hall–Kier alpha value is -1.57. The molecule has 0 radical (unpaired) electrons. The molecule has 1 aromatic heterocycles. The maximum Gasteiger partial charge on any atom is 0.0699 e. The molecule has 1 aromatic rings. The third-order valence-corrected chi connectivity index (χ3v) is 2.08. The lowest BCUT2D eigenvalue weighted by Gasteiger charge is -1.97. The third kappa shape index (κ3) is 3.58. The predicted molar refractivity (Wildman–Crippen MR) is 65.4 cm³/mol. The van der Waals surface area contributed by atoms with Gasteiger partial charge in [0.05, 0.1) is 5.35 Å². The van der Waals surface area contributed by atoms with Crippen molar-refractivity contribution in [2.24, 2.45) is 5.73 Å². The van der Waals surface area contributed by atoms with Crippen molar-refractivity contribution in [1.82, 2.24) is 4.98 Å². The van der Waals surface area contributed by atoms with Crippen molar-refractivity contribution in [3.05, 3.63) is 40.2 Å². The lowest BCUT2D eigenvalue weighted by Crippen LogP contribution is -2.27. The zero-order chi connectivity index (χ0) is 11.3. The van der Waals surface area contributed by atoms with Crippen LogP contribution >= 0.6 is 0 Å². The van der Waals surface area contributed by atoms with E-state index in [1.807, 2.05) is 31.2 Å². The Balaban J connectivity index is 3.16. The van der Waals surface area contributed by atoms with Crippen LogP contribution in [-0.4, -0.2) is 4.98 Å². The van der Waals surface area contributed by atoms with E-state index >= 15 is 0 Å². The van der Waals surface area contributed by atoms with Crippen molar-refractivity contribution in [1.29, 1.82) is 0 Å². The minimum atomic E-state index is 0.775. The summed E-state index contributed by atoms with van der Waals surface area (Å²) in [5.41, 5.74) is 7.45. The van der Waals surface area contributed by atoms with E-state index in [2.05, 4.69) is 18.5 Å². The van der Waals surface area contributed by atoms with Crippen LogP contribution in [0, 0.1) is 0 Å². The lowest BCUT2D eigenvalue weighted by molar-refractivity contribution is 0.874. The predicted octanol–water partition coefficient (Wildman–Crippen LogP) is 1.09. The third-order valence-electron chi connectivity index (χ3n) is 2.08. The van der Waals surface area contributed by atoms with Crippen LogP contribution in [0.25, 0.3) is 12.7 Å². The van der Waals surface area contributed by atoms with Gasteiger partial charge >= 0.3 is 0 Å². The van der Waals surface area contributed by atoms with Crippen LogP contribution in [0.15, 0.2) is 23.9 Å². The van der Waals surface area contributed by atoms with E-state index in [1.54, 1.807) is 0 Å². The van der Waals surface area contributed by atoms with Gasteiger partial charge < -0.3 is 5.73 Å². The van der Waals surface area contributed by atoms with E-state index < -0.39 is 0 Å². The molecule has 0 unspecified atom stereocenters. The number of nitrogens with zero attached hydrogens (tertiary/aromatic N) is 1. The topological polar surface area (TPSA) is 38.9 Å². The highest BCUT2D eigenvalue weighted by Gasteiger charge is 1.91. The molecule has 2 nitrogen and oxygen atoms in total. The number of allylic oxidation sites excluding steroid dienone is 2. The largest absolute Gasteiger partial charge is 0.402 e. The fraction of sp³-hybridized carbons (Fsp3) is 0.308. The second-order valence-corrected chi connectivity index (χ2v) is 3.67. The lowest BCUT2D eigenvalue weighted by atomic mass is 10.2. The van der Waals surface area contributed by atoms with E-state index in [4.69, 9.17) is 5.73 Å². The summed E-state index contributed by atoms with van der Waals surface area (Å²) in [6.45, 7) is 7.94. The van der Waals surface area contributed by atoms with Crippen LogP contribution in [0.5, 0.6) is 0 Å². The summed E-state index contributed by atoms with van der Waals surface area (Å²) in [7, 11) is 0. The summed E-state index contributed by atoms with van der Waals surface area (Å²) in [4.78, 5) is 4.52. The maximum atomic E-state index is 5.57. The van der Waals surface area contributed by atoms with E-state index in [1.165, 1.54) is 0 Å². The van der Waals surface area contributed by atoms with Crippen LogP contribution in [0.2, 0.25) is 0 Å². The molecule has 0 bridgehead atoms. The quantitative estimate of drug-likeness (QED) is 0.797. The van der Waals surface area contributed by atoms with E-state index in [9.17, 15) is 0 Å². The molecule has 1 rings (SSSR count). The zero-order valence-electron chi connectivity index (χ0n) is 9.46. The average molecular weight is 202 g/mol. The molecule has 15 heavy (non-hydrogen) atoms. The normalized spacial score (nSPS) is 13.2. The monoisotopic (exact) mass is 202 g/mol. The smallest absolute Gasteiger partial charge is 0.0699 e. The van der Waals surface area contributed by atoms with Crippen molar-refractivity contribution < 1.29 is 0 Å². The first-order valence-corrected chi connectivity index (χ1v) is 5.22. The van der Waals surface area contributed by atoms with Crippen molar-refractivity contribution in [2.75, 3.05) is 0 Å². The van der Waals surface area contributed by atoms with Gasteiger partial charge in [-0.1, -0.05) is 26.0 Å². The van der Waals surface area contributed by atoms with Crippen LogP contribution in [0.4, 0.5) is 0 Å². The molecule has 1 heterocycles. The summed E-state index contributed by atoms with van der Waals surface area (Å²) in [5, 5.41) is 1.85. The number of aromatic nitrogens is 1. The maximum absolute atomic E-state index is 5.57. The number of rotatable bonds is 3. The van der Waals surface area contributed by atoms with Crippen LogP contribution < -0.4 is 16.3 Å². The van der Waals surface area contributed by atoms with Gasteiger partial charge in [-0.2, -0.15) is 0 Å².